The number of aromatic nitrogens is 2. The number of anilines is 3. The van der Waals surface area contributed by atoms with E-state index in [2.05, 4.69) is 60.3 Å². The third-order valence-corrected chi connectivity index (χ3v) is 3.96. The summed E-state index contributed by atoms with van der Waals surface area (Å²) in [5, 5.41) is 3.21. The molecule has 3 N–H and O–H groups in total. The number of benzene rings is 1. The van der Waals surface area contributed by atoms with E-state index in [9.17, 15) is 0 Å². The van der Waals surface area contributed by atoms with Crippen molar-refractivity contribution >= 4 is 17.5 Å². The SMILES string of the molecule is Cc1ccc(Nc2ncc(CCCCN(C)C)c(N)n2)cc1C. The van der Waals surface area contributed by atoms with Gasteiger partial charge in [0.1, 0.15) is 5.82 Å². The molecule has 1 aromatic heterocycles. The fourth-order valence-electron chi connectivity index (χ4n) is 2.36. The molecule has 0 unspecified atom stereocenters. The smallest absolute Gasteiger partial charge is 0.229 e. The summed E-state index contributed by atoms with van der Waals surface area (Å²) in [6.07, 6.45) is 5.00. The van der Waals surface area contributed by atoms with E-state index in [0.717, 1.165) is 37.1 Å². The standard InChI is InChI=1S/C18H27N5/c1-13-8-9-16(11-14(13)2)21-18-20-12-15(17(19)22-18)7-5-6-10-23(3)4/h8-9,11-12H,5-7,10H2,1-4H3,(H3,19,20,21,22). The monoisotopic (exact) mass is 313 g/mol. The van der Waals surface area contributed by atoms with Gasteiger partial charge >= 0.3 is 0 Å². The normalized spacial score (nSPS) is 11.0. The van der Waals surface area contributed by atoms with E-state index in [0.29, 0.717) is 11.8 Å². The number of aryl methyl sites for hydroxylation is 3. The lowest BCUT2D eigenvalue weighted by molar-refractivity contribution is 0.394. The molecule has 5 heteroatoms. The van der Waals surface area contributed by atoms with Gasteiger partial charge in [0.25, 0.3) is 0 Å². The van der Waals surface area contributed by atoms with Crippen molar-refractivity contribution in [1.82, 2.24) is 14.9 Å². The second-order valence-electron chi connectivity index (χ2n) is 6.29. The Labute approximate surface area is 138 Å². The van der Waals surface area contributed by atoms with E-state index in [1.165, 1.54) is 11.1 Å². The van der Waals surface area contributed by atoms with Gasteiger partial charge in [-0.15, -0.1) is 0 Å². The quantitative estimate of drug-likeness (QED) is 0.768. The molecule has 0 fully saturated rings. The molecule has 5 nitrogen and oxygen atoms in total. The Kier molecular flexibility index (Phi) is 5.93. The Morgan fingerprint density at radius 1 is 1.13 bits per heavy atom. The van der Waals surface area contributed by atoms with Crippen LogP contribution in [0.25, 0.3) is 0 Å². The van der Waals surface area contributed by atoms with Crippen LogP contribution in [0.5, 0.6) is 0 Å². The highest BCUT2D eigenvalue weighted by Crippen LogP contribution is 2.19. The Morgan fingerprint density at radius 3 is 2.57 bits per heavy atom. The third kappa shape index (κ3) is 5.21. The zero-order chi connectivity index (χ0) is 16.8. The van der Waals surface area contributed by atoms with Gasteiger partial charge in [-0.25, -0.2) is 4.98 Å². The molecule has 0 amide bonds. The number of hydrogen-bond acceptors (Lipinski definition) is 5. The summed E-state index contributed by atoms with van der Waals surface area (Å²) in [4.78, 5) is 11.0. The molecule has 0 aliphatic rings. The first-order valence-corrected chi connectivity index (χ1v) is 8.06. The molecule has 2 aromatic rings. The summed E-state index contributed by atoms with van der Waals surface area (Å²) in [5.74, 6) is 1.11. The minimum Gasteiger partial charge on any atom is -0.383 e. The zero-order valence-electron chi connectivity index (χ0n) is 14.6. The van der Waals surface area contributed by atoms with E-state index in [1.54, 1.807) is 0 Å². The lowest BCUT2D eigenvalue weighted by Gasteiger charge is -2.11. The molecular formula is C18H27N5. The highest BCUT2D eigenvalue weighted by molar-refractivity contribution is 5.57. The van der Waals surface area contributed by atoms with Crippen LogP contribution in [0.4, 0.5) is 17.5 Å². The Bertz CT molecular complexity index is 652. The van der Waals surface area contributed by atoms with Gasteiger partial charge in [0.2, 0.25) is 5.95 Å². The molecule has 0 radical (unpaired) electrons. The van der Waals surface area contributed by atoms with Gasteiger partial charge in [-0.05, 0) is 77.0 Å². The fourth-order valence-corrected chi connectivity index (χ4v) is 2.36. The predicted octanol–water partition coefficient (Wildman–Crippen LogP) is 3.30. The van der Waals surface area contributed by atoms with Gasteiger partial charge in [0, 0.05) is 17.4 Å². The maximum absolute atomic E-state index is 6.07. The molecule has 0 bridgehead atoms. The second-order valence-corrected chi connectivity index (χ2v) is 6.29. The van der Waals surface area contributed by atoms with Crippen molar-refractivity contribution in [3.05, 3.63) is 41.1 Å². The summed E-state index contributed by atoms with van der Waals surface area (Å²) < 4.78 is 0. The van der Waals surface area contributed by atoms with Gasteiger partial charge in [0.15, 0.2) is 0 Å². The van der Waals surface area contributed by atoms with Crippen LogP contribution in [0.15, 0.2) is 24.4 Å². The van der Waals surface area contributed by atoms with Gasteiger partial charge in [-0.3, -0.25) is 0 Å². The molecule has 0 spiro atoms. The first-order valence-electron chi connectivity index (χ1n) is 8.06. The van der Waals surface area contributed by atoms with Crippen LogP contribution < -0.4 is 11.1 Å². The summed E-state index contributed by atoms with van der Waals surface area (Å²) in [7, 11) is 4.18. The van der Waals surface area contributed by atoms with Crippen molar-refractivity contribution < 1.29 is 0 Å². The van der Waals surface area contributed by atoms with Crippen LogP contribution in [0, 0.1) is 13.8 Å². The predicted molar refractivity (Wildman–Crippen MR) is 97.1 cm³/mol. The van der Waals surface area contributed by atoms with E-state index in [4.69, 9.17) is 5.73 Å². The third-order valence-electron chi connectivity index (χ3n) is 3.96. The number of nitrogens with two attached hydrogens (primary N) is 1. The van der Waals surface area contributed by atoms with Crippen LogP contribution in [0.1, 0.15) is 29.5 Å². The van der Waals surface area contributed by atoms with Crippen molar-refractivity contribution in [2.24, 2.45) is 0 Å². The van der Waals surface area contributed by atoms with Gasteiger partial charge in [-0.1, -0.05) is 6.07 Å². The van der Waals surface area contributed by atoms with E-state index >= 15 is 0 Å². The lowest BCUT2D eigenvalue weighted by atomic mass is 10.1. The summed E-state index contributed by atoms with van der Waals surface area (Å²) in [5.41, 5.74) is 10.6. The van der Waals surface area contributed by atoms with Gasteiger partial charge in [0.05, 0.1) is 0 Å². The first-order chi connectivity index (χ1) is 11.0. The van der Waals surface area contributed by atoms with E-state index in [-0.39, 0.29) is 0 Å². The molecule has 0 atom stereocenters. The lowest BCUT2D eigenvalue weighted by Crippen LogP contribution is -2.13. The first kappa shape index (κ1) is 17.2. The van der Waals surface area contributed by atoms with E-state index < -0.39 is 0 Å². The van der Waals surface area contributed by atoms with Crippen molar-refractivity contribution in [2.45, 2.75) is 33.1 Å². The number of nitrogens with one attached hydrogen (secondary N) is 1. The molecule has 2 rings (SSSR count). The molecule has 124 valence electrons. The average Bonchev–Trinajstić information content (AvgIpc) is 2.49. The molecule has 0 saturated carbocycles. The molecular weight excluding hydrogens is 286 g/mol. The minimum atomic E-state index is 0.544. The van der Waals surface area contributed by atoms with Crippen LogP contribution in [0.2, 0.25) is 0 Å². The maximum atomic E-state index is 6.07. The minimum absolute atomic E-state index is 0.544. The molecule has 0 aliphatic heterocycles. The number of nitrogens with zero attached hydrogens (tertiary/aromatic N) is 3. The number of nitrogen functional groups attached to an aromatic ring is 1. The topological polar surface area (TPSA) is 67.1 Å². The molecule has 1 heterocycles. The largest absolute Gasteiger partial charge is 0.383 e. The molecule has 23 heavy (non-hydrogen) atoms. The van der Waals surface area contributed by atoms with Crippen LogP contribution in [-0.4, -0.2) is 35.5 Å². The number of hydrogen-bond donors (Lipinski definition) is 2. The molecule has 1 aromatic carbocycles. The van der Waals surface area contributed by atoms with Crippen LogP contribution in [-0.2, 0) is 6.42 Å². The van der Waals surface area contributed by atoms with Crippen molar-refractivity contribution in [3.63, 3.8) is 0 Å². The Hall–Kier alpha value is -2.14. The van der Waals surface area contributed by atoms with E-state index in [1.807, 2.05) is 12.3 Å². The summed E-state index contributed by atoms with van der Waals surface area (Å²) in [6.45, 7) is 5.28. The molecule has 0 aliphatic carbocycles. The number of rotatable bonds is 7. The zero-order valence-corrected chi connectivity index (χ0v) is 14.6. The highest BCUT2D eigenvalue weighted by atomic mass is 15.1. The average molecular weight is 313 g/mol. The Morgan fingerprint density at radius 2 is 1.91 bits per heavy atom. The van der Waals surface area contributed by atoms with Crippen LogP contribution >= 0.6 is 0 Å². The molecule has 0 saturated heterocycles. The van der Waals surface area contributed by atoms with Crippen molar-refractivity contribution in [3.8, 4) is 0 Å². The second kappa shape index (κ2) is 7.92. The van der Waals surface area contributed by atoms with Crippen molar-refractivity contribution in [1.29, 1.82) is 0 Å². The maximum Gasteiger partial charge on any atom is 0.229 e. The fraction of sp³-hybridized carbons (Fsp3) is 0.444. The van der Waals surface area contributed by atoms with Crippen molar-refractivity contribution in [2.75, 3.05) is 31.7 Å². The summed E-state index contributed by atoms with van der Waals surface area (Å²) >= 11 is 0. The highest BCUT2D eigenvalue weighted by Gasteiger charge is 2.05. The van der Waals surface area contributed by atoms with Crippen LogP contribution in [0.3, 0.4) is 0 Å². The summed E-state index contributed by atoms with van der Waals surface area (Å²) in [6, 6.07) is 6.20. The Balaban J connectivity index is 1.97. The van der Waals surface area contributed by atoms with Gasteiger partial charge < -0.3 is 16.0 Å². The number of unbranched alkanes of at least 4 members (excludes halogenated alkanes) is 1. The van der Waals surface area contributed by atoms with Gasteiger partial charge in [-0.2, -0.15) is 4.98 Å².